The van der Waals surface area contributed by atoms with E-state index < -0.39 is 11.4 Å². The summed E-state index contributed by atoms with van der Waals surface area (Å²) in [5.74, 6) is 0.501. The summed E-state index contributed by atoms with van der Waals surface area (Å²) in [4.78, 5) is 11.1. The molecule has 1 aromatic carbocycles. The zero-order valence-corrected chi connectivity index (χ0v) is 12.0. The molecule has 19 heavy (non-hydrogen) atoms. The number of nitrogens with one attached hydrogen (secondary N) is 1. The van der Waals surface area contributed by atoms with Gasteiger partial charge in [0, 0.05) is 12.6 Å². The van der Waals surface area contributed by atoms with Crippen LogP contribution in [0.25, 0.3) is 0 Å². The van der Waals surface area contributed by atoms with Crippen LogP contribution < -0.4 is 14.8 Å². The number of hydrogen-bond donors (Lipinski definition) is 2. The number of aryl methyl sites for hydroxylation is 1. The van der Waals surface area contributed by atoms with Crippen LogP contribution in [0.2, 0.25) is 0 Å². The standard InChI is InChI=1S/C14H21NO4/c1-9-6-10(18-4)7-11(19-5)12(9)15-8-14(2,3)13(16)17/h6-7,15H,8H2,1-5H3,(H,16,17). The molecule has 0 unspecified atom stereocenters. The zero-order chi connectivity index (χ0) is 14.6. The SMILES string of the molecule is COc1cc(C)c(NCC(C)(C)C(=O)O)c(OC)c1. The molecule has 106 valence electrons. The molecule has 0 aliphatic heterocycles. The van der Waals surface area contributed by atoms with Gasteiger partial charge in [-0.15, -0.1) is 0 Å². The molecule has 0 aromatic heterocycles. The Bertz CT molecular complexity index is 469. The van der Waals surface area contributed by atoms with E-state index in [1.165, 1.54) is 0 Å². The van der Waals surface area contributed by atoms with Gasteiger partial charge in [-0.2, -0.15) is 0 Å². The summed E-state index contributed by atoms with van der Waals surface area (Å²) in [6.45, 7) is 5.58. The Balaban J connectivity index is 2.98. The van der Waals surface area contributed by atoms with Crippen molar-refractivity contribution in [2.45, 2.75) is 20.8 Å². The molecule has 0 aliphatic carbocycles. The molecule has 2 N–H and O–H groups in total. The Hall–Kier alpha value is -1.91. The average Bonchev–Trinajstić information content (AvgIpc) is 2.36. The first-order valence-electron chi connectivity index (χ1n) is 6.01. The number of ether oxygens (including phenoxy) is 2. The second-order valence-electron chi connectivity index (χ2n) is 5.06. The number of rotatable bonds is 6. The fourth-order valence-electron chi connectivity index (χ4n) is 1.61. The van der Waals surface area contributed by atoms with Crippen LogP contribution in [0, 0.1) is 12.3 Å². The Labute approximate surface area is 113 Å². The Morgan fingerprint density at radius 2 is 1.95 bits per heavy atom. The van der Waals surface area contributed by atoms with E-state index >= 15 is 0 Å². The van der Waals surface area contributed by atoms with Crippen LogP contribution >= 0.6 is 0 Å². The molecule has 1 rings (SSSR count). The Morgan fingerprint density at radius 3 is 2.42 bits per heavy atom. The van der Waals surface area contributed by atoms with Gasteiger partial charge >= 0.3 is 5.97 Å². The normalized spacial score (nSPS) is 11.0. The second-order valence-corrected chi connectivity index (χ2v) is 5.06. The van der Waals surface area contributed by atoms with Crippen molar-refractivity contribution in [3.05, 3.63) is 17.7 Å². The van der Waals surface area contributed by atoms with E-state index in [0.717, 1.165) is 11.3 Å². The maximum atomic E-state index is 11.1. The lowest BCUT2D eigenvalue weighted by atomic mass is 9.93. The highest BCUT2D eigenvalue weighted by molar-refractivity contribution is 5.75. The highest BCUT2D eigenvalue weighted by Crippen LogP contribution is 2.33. The molecule has 0 radical (unpaired) electrons. The number of carbonyl (C=O) groups is 1. The van der Waals surface area contributed by atoms with Crippen molar-refractivity contribution in [3.8, 4) is 11.5 Å². The minimum absolute atomic E-state index is 0.311. The lowest BCUT2D eigenvalue weighted by molar-refractivity contribution is -0.146. The molecule has 1 aromatic rings. The summed E-state index contributed by atoms with van der Waals surface area (Å²) in [6.07, 6.45) is 0. The van der Waals surface area contributed by atoms with E-state index in [9.17, 15) is 4.79 Å². The van der Waals surface area contributed by atoms with Gasteiger partial charge in [0.15, 0.2) is 0 Å². The quantitative estimate of drug-likeness (QED) is 0.829. The van der Waals surface area contributed by atoms with Crippen LogP contribution in [-0.4, -0.2) is 31.8 Å². The molecular formula is C14H21NO4. The predicted molar refractivity (Wildman–Crippen MR) is 74.2 cm³/mol. The first-order valence-corrected chi connectivity index (χ1v) is 6.01. The molecule has 0 heterocycles. The number of aliphatic carboxylic acids is 1. The third-order valence-electron chi connectivity index (χ3n) is 3.01. The maximum Gasteiger partial charge on any atom is 0.310 e. The highest BCUT2D eigenvalue weighted by Gasteiger charge is 2.27. The number of carboxylic acids is 1. The molecule has 0 saturated carbocycles. The lowest BCUT2D eigenvalue weighted by Crippen LogP contribution is -2.32. The van der Waals surface area contributed by atoms with Crippen LogP contribution in [0.4, 0.5) is 5.69 Å². The van der Waals surface area contributed by atoms with Gasteiger partial charge in [-0.05, 0) is 32.4 Å². The summed E-state index contributed by atoms with van der Waals surface area (Å²) in [6, 6.07) is 3.64. The Kier molecular flexibility index (Phi) is 4.64. The molecule has 0 fully saturated rings. The lowest BCUT2D eigenvalue weighted by Gasteiger charge is -2.22. The molecule has 0 amide bonds. The molecule has 0 atom stereocenters. The van der Waals surface area contributed by atoms with Crippen LogP contribution in [0.1, 0.15) is 19.4 Å². The summed E-state index contributed by atoms with van der Waals surface area (Å²) in [5.41, 5.74) is 0.882. The number of carboxylic acid groups (broad SMARTS) is 1. The topological polar surface area (TPSA) is 67.8 Å². The van der Waals surface area contributed by atoms with Gasteiger partial charge in [0.1, 0.15) is 11.5 Å². The van der Waals surface area contributed by atoms with Crippen LogP contribution in [-0.2, 0) is 4.79 Å². The zero-order valence-electron chi connectivity index (χ0n) is 12.0. The van der Waals surface area contributed by atoms with E-state index in [1.54, 1.807) is 34.1 Å². The molecular weight excluding hydrogens is 246 g/mol. The Morgan fingerprint density at radius 1 is 1.32 bits per heavy atom. The molecule has 0 aliphatic rings. The van der Waals surface area contributed by atoms with Crippen LogP contribution in [0.15, 0.2) is 12.1 Å². The molecule has 5 heteroatoms. The van der Waals surface area contributed by atoms with E-state index in [4.69, 9.17) is 14.6 Å². The minimum atomic E-state index is -0.850. The summed E-state index contributed by atoms with van der Waals surface area (Å²) in [7, 11) is 3.16. The summed E-state index contributed by atoms with van der Waals surface area (Å²) in [5, 5.41) is 12.2. The van der Waals surface area contributed by atoms with Crippen molar-refractivity contribution in [3.63, 3.8) is 0 Å². The van der Waals surface area contributed by atoms with Gasteiger partial charge in [0.25, 0.3) is 0 Å². The number of methoxy groups -OCH3 is 2. The van der Waals surface area contributed by atoms with E-state index in [0.29, 0.717) is 18.0 Å². The van der Waals surface area contributed by atoms with E-state index in [-0.39, 0.29) is 0 Å². The van der Waals surface area contributed by atoms with Gasteiger partial charge in [-0.3, -0.25) is 4.79 Å². The monoisotopic (exact) mass is 267 g/mol. The van der Waals surface area contributed by atoms with Crippen molar-refractivity contribution in [1.29, 1.82) is 0 Å². The fourth-order valence-corrected chi connectivity index (χ4v) is 1.61. The van der Waals surface area contributed by atoms with Gasteiger partial charge < -0.3 is 19.9 Å². The smallest absolute Gasteiger partial charge is 0.310 e. The largest absolute Gasteiger partial charge is 0.497 e. The van der Waals surface area contributed by atoms with Crippen molar-refractivity contribution in [1.82, 2.24) is 0 Å². The van der Waals surface area contributed by atoms with Crippen molar-refractivity contribution in [2.24, 2.45) is 5.41 Å². The molecule has 0 spiro atoms. The first-order chi connectivity index (χ1) is 8.81. The van der Waals surface area contributed by atoms with Crippen LogP contribution in [0.3, 0.4) is 0 Å². The molecule has 0 bridgehead atoms. The number of anilines is 1. The fraction of sp³-hybridized carbons (Fsp3) is 0.500. The van der Waals surface area contributed by atoms with Crippen LogP contribution in [0.5, 0.6) is 11.5 Å². The van der Waals surface area contributed by atoms with Gasteiger partial charge in [-0.25, -0.2) is 0 Å². The molecule has 5 nitrogen and oxygen atoms in total. The third kappa shape index (κ3) is 3.53. The minimum Gasteiger partial charge on any atom is -0.497 e. The van der Waals surface area contributed by atoms with Crippen molar-refractivity contribution in [2.75, 3.05) is 26.1 Å². The van der Waals surface area contributed by atoms with Crippen molar-refractivity contribution < 1.29 is 19.4 Å². The predicted octanol–water partition coefficient (Wildman–Crippen LogP) is 2.53. The number of hydrogen-bond acceptors (Lipinski definition) is 4. The summed E-state index contributed by atoms with van der Waals surface area (Å²) >= 11 is 0. The number of benzene rings is 1. The summed E-state index contributed by atoms with van der Waals surface area (Å²) < 4.78 is 10.5. The van der Waals surface area contributed by atoms with Gasteiger partial charge in [0.05, 0.1) is 25.3 Å². The highest BCUT2D eigenvalue weighted by atomic mass is 16.5. The van der Waals surface area contributed by atoms with Gasteiger partial charge in [-0.1, -0.05) is 0 Å². The second kappa shape index (κ2) is 5.82. The molecule has 0 saturated heterocycles. The maximum absolute atomic E-state index is 11.1. The van der Waals surface area contributed by atoms with Gasteiger partial charge in [0.2, 0.25) is 0 Å². The average molecular weight is 267 g/mol. The van der Waals surface area contributed by atoms with E-state index in [2.05, 4.69) is 5.32 Å². The van der Waals surface area contributed by atoms with E-state index in [1.807, 2.05) is 13.0 Å². The third-order valence-corrected chi connectivity index (χ3v) is 3.01. The first kappa shape index (κ1) is 15.1. The van der Waals surface area contributed by atoms with Crippen molar-refractivity contribution >= 4 is 11.7 Å².